The number of carbonyl (C=O) groups excluding carboxylic acids is 1. The SMILES string of the molecule is CNc1ncc(/C=C/c2ccc(N3CCOCC3)cc2)c2cc(NC(=O)C3CC3)ncc12. The first-order chi connectivity index (χ1) is 15.7. The van der Waals surface area contributed by atoms with Gasteiger partial charge < -0.3 is 20.3 Å². The van der Waals surface area contributed by atoms with E-state index in [0.29, 0.717) is 5.82 Å². The van der Waals surface area contributed by atoms with Crippen molar-refractivity contribution in [3.8, 4) is 0 Å². The number of amides is 1. The van der Waals surface area contributed by atoms with Crippen molar-refractivity contribution < 1.29 is 9.53 Å². The number of anilines is 3. The van der Waals surface area contributed by atoms with Gasteiger partial charge in [-0.2, -0.15) is 0 Å². The number of aromatic nitrogens is 2. The number of benzene rings is 1. The molecule has 1 aliphatic carbocycles. The van der Waals surface area contributed by atoms with Gasteiger partial charge in [0.2, 0.25) is 5.91 Å². The Balaban J connectivity index is 1.40. The lowest BCUT2D eigenvalue weighted by atomic mass is 10.1. The van der Waals surface area contributed by atoms with Crippen LogP contribution in [0.4, 0.5) is 17.3 Å². The van der Waals surface area contributed by atoms with Crippen molar-refractivity contribution in [3.63, 3.8) is 0 Å². The third-order valence-corrected chi connectivity index (χ3v) is 5.96. The van der Waals surface area contributed by atoms with Gasteiger partial charge in [-0.05, 0) is 42.0 Å². The van der Waals surface area contributed by atoms with Gasteiger partial charge in [0.05, 0.1) is 13.2 Å². The van der Waals surface area contributed by atoms with Gasteiger partial charge in [0.25, 0.3) is 0 Å². The Morgan fingerprint density at radius 2 is 1.84 bits per heavy atom. The van der Waals surface area contributed by atoms with Crippen LogP contribution in [0, 0.1) is 5.92 Å². The van der Waals surface area contributed by atoms with E-state index in [-0.39, 0.29) is 11.8 Å². The highest BCUT2D eigenvalue weighted by Crippen LogP contribution is 2.31. The molecule has 7 nitrogen and oxygen atoms in total. The summed E-state index contributed by atoms with van der Waals surface area (Å²) >= 11 is 0. The molecule has 5 rings (SSSR count). The molecule has 2 aliphatic rings. The first-order valence-electron chi connectivity index (χ1n) is 11.1. The topological polar surface area (TPSA) is 79.4 Å². The van der Waals surface area contributed by atoms with Crippen LogP contribution in [0.3, 0.4) is 0 Å². The third kappa shape index (κ3) is 4.43. The van der Waals surface area contributed by atoms with E-state index < -0.39 is 0 Å². The number of morpholine rings is 1. The second kappa shape index (κ2) is 8.96. The van der Waals surface area contributed by atoms with Crippen molar-refractivity contribution in [2.24, 2.45) is 5.92 Å². The maximum Gasteiger partial charge on any atom is 0.228 e. The summed E-state index contributed by atoms with van der Waals surface area (Å²) in [7, 11) is 1.84. The number of ether oxygens (including phenoxy) is 1. The summed E-state index contributed by atoms with van der Waals surface area (Å²) in [6.07, 6.45) is 9.69. The Hall–Kier alpha value is -3.45. The maximum atomic E-state index is 12.2. The summed E-state index contributed by atoms with van der Waals surface area (Å²) in [6.45, 7) is 3.42. The van der Waals surface area contributed by atoms with Crippen molar-refractivity contribution in [2.45, 2.75) is 12.8 Å². The fraction of sp³-hybridized carbons (Fsp3) is 0.320. The Labute approximate surface area is 187 Å². The number of nitrogens with zero attached hydrogens (tertiary/aromatic N) is 3. The van der Waals surface area contributed by atoms with E-state index in [1.54, 1.807) is 6.20 Å². The molecule has 1 aromatic carbocycles. The average Bonchev–Trinajstić information content (AvgIpc) is 3.69. The minimum absolute atomic E-state index is 0.0530. The highest BCUT2D eigenvalue weighted by atomic mass is 16.5. The van der Waals surface area contributed by atoms with Crippen LogP contribution in [0.1, 0.15) is 24.0 Å². The molecule has 3 aromatic rings. The van der Waals surface area contributed by atoms with Crippen molar-refractivity contribution in [1.29, 1.82) is 0 Å². The number of rotatable bonds is 6. The van der Waals surface area contributed by atoms with Crippen LogP contribution < -0.4 is 15.5 Å². The standard InChI is InChI=1S/C25H27N5O2/c1-26-24-22-16-27-23(29-25(31)18-6-7-18)14-21(22)19(15-28-24)5-2-17-3-8-20(9-4-17)30-10-12-32-13-11-30/h2-5,8-9,14-16,18H,6-7,10-13H2,1H3,(H,26,28)(H,27,29,31)/b5-2+. The van der Waals surface area contributed by atoms with Crippen LogP contribution in [0.25, 0.3) is 22.9 Å². The molecule has 2 fully saturated rings. The molecule has 2 aromatic heterocycles. The minimum atomic E-state index is 0.0530. The van der Waals surface area contributed by atoms with Gasteiger partial charge in [-0.15, -0.1) is 0 Å². The van der Waals surface area contributed by atoms with E-state index in [0.717, 1.165) is 66.9 Å². The lowest BCUT2D eigenvalue weighted by molar-refractivity contribution is -0.117. The smallest absolute Gasteiger partial charge is 0.228 e. The zero-order valence-electron chi connectivity index (χ0n) is 18.2. The molecule has 0 bridgehead atoms. The molecule has 0 spiro atoms. The Morgan fingerprint density at radius 1 is 1.06 bits per heavy atom. The largest absolute Gasteiger partial charge is 0.378 e. The molecule has 3 heterocycles. The van der Waals surface area contributed by atoms with Gasteiger partial charge in [-0.3, -0.25) is 4.79 Å². The van der Waals surface area contributed by atoms with Gasteiger partial charge in [0.15, 0.2) is 0 Å². The summed E-state index contributed by atoms with van der Waals surface area (Å²) in [6, 6.07) is 10.5. The molecule has 1 saturated carbocycles. The number of hydrogen-bond donors (Lipinski definition) is 2. The molecular weight excluding hydrogens is 402 g/mol. The number of hydrogen-bond acceptors (Lipinski definition) is 6. The number of nitrogens with one attached hydrogen (secondary N) is 2. The molecule has 2 N–H and O–H groups in total. The zero-order valence-corrected chi connectivity index (χ0v) is 18.2. The van der Waals surface area contributed by atoms with E-state index in [1.807, 2.05) is 19.3 Å². The normalized spacial score (nSPS) is 16.5. The van der Waals surface area contributed by atoms with Crippen LogP contribution in [0.2, 0.25) is 0 Å². The molecule has 0 unspecified atom stereocenters. The van der Waals surface area contributed by atoms with Gasteiger partial charge in [0, 0.05) is 55.1 Å². The Morgan fingerprint density at radius 3 is 2.56 bits per heavy atom. The summed E-state index contributed by atoms with van der Waals surface area (Å²) in [4.78, 5) is 23.5. The minimum Gasteiger partial charge on any atom is -0.378 e. The van der Waals surface area contributed by atoms with Crippen molar-refractivity contribution >= 4 is 46.2 Å². The van der Waals surface area contributed by atoms with E-state index in [9.17, 15) is 4.79 Å². The van der Waals surface area contributed by atoms with Gasteiger partial charge in [0.1, 0.15) is 11.6 Å². The fourth-order valence-corrected chi connectivity index (χ4v) is 3.93. The predicted molar refractivity (Wildman–Crippen MR) is 129 cm³/mol. The van der Waals surface area contributed by atoms with Crippen molar-refractivity contribution in [2.75, 3.05) is 48.9 Å². The quantitative estimate of drug-likeness (QED) is 0.616. The second-order valence-corrected chi connectivity index (χ2v) is 8.22. The Bertz CT molecular complexity index is 1150. The maximum absolute atomic E-state index is 12.2. The van der Waals surface area contributed by atoms with Crippen LogP contribution in [-0.4, -0.2) is 49.2 Å². The van der Waals surface area contributed by atoms with Gasteiger partial charge in [-0.1, -0.05) is 24.3 Å². The summed E-state index contributed by atoms with van der Waals surface area (Å²) in [5, 5.41) is 7.97. The summed E-state index contributed by atoms with van der Waals surface area (Å²) in [5.41, 5.74) is 3.31. The van der Waals surface area contributed by atoms with Crippen molar-refractivity contribution in [1.82, 2.24) is 9.97 Å². The highest BCUT2D eigenvalue weighted by molar-refractivity contribution is 6.01. The average molecular weight is 430 g/mol. The molecule has 0 radical (unpaired) electrons. The van der Waals surface area contributed by atoms with E-state index >= 15 is 0 Å². The monoisotopic (exact) mass is 429 g/mol. The van der Waals surface area contributed by atoms with Gasteiger partial charge >= 0.3 is 0 Å². The van der Waals surface area contributed by atoms with Crippen molar-refractivity contribution in [3.05, 3.63) is 53.9 Å². The highest BCUT2D eigenvalue weighted by Gasteiger charge is 2.29. The predicted octanol–water partition coefficient (Wildman–Crippen LogP) is 4.03. The molecule has 1 amide bonds. The van der Waals surface area contributed by atoms with Crippen LogP contribution in [0.5, 0.6) is 0 Å². The molecule has 1 saturated heterocycles. The molecule has 0 atom stereocenters. The molecule has 32 heavy (non-hydrogen) atoms. The fourth-order valence-electron chi connectivity index (χ4n) is 3.93. The van der Waals surface area contributed by atoms with Gasteiger partial charge in [-0.25, -0.2) is 9.97 Å². The number of carbonyl (C=O) groups is 1. The molecule has 7 heteroatoms. The number of pyridine rings is 2. The lowest BCUT2D eigenvalue weighted by Crippen LogP contribution is -2.36. The first-order valence-corrected chi connectivity index (χ1v) is 11.1. The van der Waals surface area contributed by atoms with E-state index in [1.165, 1.54) is 5.69 Å². The lowest BCUT2D eigenvalue weighted by Gasteiger charge is -2.28. The first kappa shape index (κ1) is 20.5. The number of fused-ring (bicyclic) bond motifs is 1. The second-order valence-electron chi connectivity index (χ2n) is 8.22. The molecule has 1 aliphatic heterocycles. The van der Waals surface area contributed by atoms with E-state index in [4.69, 9.17) is 4.74 Å². The summed E-state index contributed by atoms with van der Waals surface area (Å²) in [5.74, 6) is 1.53. The zero-order chi connectivity index (χ0) is 21.9. The van der Waals surface area contributed by atoms with Crippen LogP contribution in [-0.2, 0) is 9.53 Å². The summed E-state index contributed by atoms with van der Waals surface area (Å²) < 4.78 is 5.44. The van der Waals surface area contributed by atoms with E-state index in [2.05, 4.69) is 61.9 Å². The molecule has 164 valence electrons. The Kier molecular flexibility index (Phi) is 5.73. The third-order valence-electron chi connectivity index (χ3n) is 5.96. The molecular formula is C25H27N5O2. The van der Waals surface area contributed by atoms with Crippen LogP contribution in [0.15, 0.2) is 42.7 Å². The van der Waals surface area contributed by atoms with Crippen LogP contribution >= 0.6 is 0 Å².